The van der Waals surface area contributed by atoms with Gasteiger partial charge in [0.05, 0.1) is 7.11 Å². The fourth-order valence-corrected chi connectivity index (χ4v) is 0.773. The Bertz CT molecular complexity index is 271. The number of hydrogen-bond acceptors (Lipinski definition) is 4. The number of carboxylic acid groups (broad SMARTS) is 1. The average Bonchev–Trinajstić information content (AvgIpc) is 2.25. The first kappa shape index (κ1) is 27.7. The molecule has 0 aliphatic heterocycles. The van der Waals surface area contributed by atoms with Gasteiger partial charge >= 0.3 is 115 Å². The van der Waals surface area contributed by atoms with Crippen LogP contribution in [-0.2, 0) is 19.1 Å². The molecule has 3 N–H and O–H groups in total. The van der Waals surface area contributed by atoms with Gasteiger partial charge in [0, 0.05) is 0 Å². The van der Waals surface area contributed by atoms with Crippen LogP contribution in [0.5, 0.6) is 0 Å². The molecule has 0 spiro atoms. The average molecular weight is 311 g/mol. The van der Waals surface area contributed by atoms with Gasteiger partial charge in [0.15, 0.2) is 5.92 Å². The van der Waals surface area contributed by atoms with Crippen LogP contribution in [0.15, 0.2) is 12.7 Å². The number of rotatable bonds is 5. The predicted octanol–water partition coefficient (Wildman–Crippen LogP) is -0.979. The molecule has 0 radical (unpaired) electrons. The third-order valence-electron chi connectivity index (χ3n) is 1.56. The van der Waals surface area contributed by atoms with E-state index in [1.807, 2.05) is 6.92 Å². The molecule has 0 heterocycles. The summed E-state index contributed by atoms with van der Waals surface area (Å²) in [5, 5.41) is 8.51. The summed E-state index contributed by atoms with van der Waals surface area (Å²) in [6.45, 7) is 4.90. The number of esters is 1. The van der Waals surface area contributed by atoms with E-state index in [0.717, 1.165) is 6.08 Å². The Morgan fingerprint density at radius 2 is 1.78 bits per heavy atom. The first-order chi connectivity index (χ1) is 7.40. The van der Waals surface area contributed by atoms with Gasteiger partial charge < -0.3 is 15.6 Å². The molecule has 0 aromatic rings. The number of primary amides is 1. The first-order valence-electron chi connectivity index (χ1n) is 4.63. The number of amides is 1. The van der Waals surface area contributed by atoms with Gasteiger partial charge in [0.2, 0.25) is 5.91 Å². The van der Waals surface area contributed by atoms with Crippen molar-refractivity contribution in [2.45, 2.75) is 19.8 Å². The van der Waals surface area contributed by atoms with E-state index in [-0.39, 0.29) is 103 Å². The molecule has 18 heavy (non-hydrogen) atoms. The summed E-state index contributed by atoms with van der Waals surface area (Å²) in [6, 6.07) is 0. The van der Waals surface area contributed by atoms with Crippen LogP contribution in [-0.4, -0.2) is 133 Å². The molecule has 8 heteroatoms. The van der Waals surface area contributed by atoms with Gasteiger partial charge in [-0.1, -0.05) is 19.9 Å². The predicted molar refractivity (Wildman–Crippen MR) is 71.7 cm³/mol. The fourth-order valence-electron chi connectivity index (χ4n) is 0.773. The molecule has 0 saturated carbocycles. The van der Waals surface area contributed by atoms with E-state index in [1.54, 1.807) is 0 Å². The van der Waals surface area contributed by atoms with Crippen molar-refractivity contribution in [2.75, 3.05) is 7.11 Å². The molecule has 1 unspecified atom stereocenters. The molecule has 0 bridgehead atoms. The normalized spacial score (nSPS) is 9.22. The summed E-state index contributed by atoms with van der Waals surface area (Å²) in [7, 11) is 1.19. The van der Waals surface area contributed by atoms with Gasteiger partial charge in [0.25, 0.3) is 0 Å². The van der Waals surface area contributed by atoms with Gasteiger partial charge in [-0.15, -0.1) is 0 Å². The zero-order chi connectivity index (χ0) is 13.1. The molecule has 0 rings (SSSR count). The molecular formula is C10H19K2NO5. The maximum atomic E-state index is 10.7. The van der Waals surface area contributed by atoms with Crippen molar-refractivity contribution in [2.24, 2.45) is 11.7 Å². The van der Waals surface area contributed by atoms with Gasteiger partial charge in [0.1, 0.15) is 0 Å². The van der Waals surface area contributed by atoms with Crippen molar-refractivity contribution in [3.63, 3.8) is 0 Å². The Morgan fingerprint density at radius 1 is 1.39 bits per heavy atom. The van der Waals surface area contributed by atoms with Gasteiger partial charge in [-0.2, -0.15) is 0 Å². The summed E-state index contributed by atoms with van der Waals surface area (Å²) in [4.78, 5) is 30.6. The van der Waals surface area contributed by atoms with E-state index < -0.39 is 23.8 Å². The standard InChI is InChI=1S/C7H12O4.C3H5NO.2K.2H/c1-3-4-5(6(8)9)7(10)11-2;1-2-3(4)5;;;;/h5H,3-4H2,1-2H3,(H,8,9);2H,1H2,(H2,4,5);;;;. The van der Waals surface area contributed by atoms with Crippen LogP contribution in [0.4, 0.5) is 0 Å². The Hall–Kier alpha value is 1.42. The quantitative estimate of drug-likeness (QED) is 0.294. The van der Waals surface area contributed by atoms with E-state index in [4.69, 9.17) is 5.11 Å². The molecule has 0 aliphatic rings. The van der Waals surface area contributed by atoms with Crippen molar-refractivity contribution < 1.29 is 24.2 Å². The molecule has 96 valence electrons. The zero-order valence-electron chi connectivity index (χ0n) is 9.43. The first-order valence-corrected chi connectivity index (χ1v) is 4.63. The van der Waals surface area contributed by atoms with E-state index in [0.29, 0.717) is 12.8 Å². The molecule has 0 aromatic carbocycles. The SMILES string of the molecule is C=CC(N)=O.CCCC(C(=O)O)C(=O)OC.[KH].[KH]. The number of hydrogen-bond donors (Lipinski definition) is 2. The van der Waals surface area contributed by atoms with Crippen LogP contribution in [0, 0.1) is 5.92 Å². The second kappa shape index (κ2) is 18.4. The Kier molecular flexibility index (Phi) is 28.4. The minimum atomic E-state index is -1.11. The maximum absolute atomic E-state index is 10.7. The van der Waals surface area contributed by atoms with Crippen LogP contribution in [0.25, 0.3) is 0 Å². The van der Waals surface area contributed by atoms with Crippen LogP contribution >= 0.6 is 0 Å². The van der Waals surface area contributed by atoms with Crippen molar-refractivity contribution in [3.05, 3.63) is 12.7 Å². The monoisotopic (exact) mass is 311 g/mol. The Morgan fingerprint density at radius 3 is 1.94 bits per heavy atom. The summed E-state index contributed by atoms with van der Waals surface area (Å²) in [5.74, 6) is -3.26. The molecule has 0 saturated heterocycles. The van der Waals surface area contributed by atoms with Crippen LogP contribution in [0.2, 0.25) is 0 Å². The number of aliphatic carboxylic acids is 1. The molecule has 0 fully saturated rings. The second-order valence-corrected chi connectivity index (χ2v) is 2.81. The van der Waals surface area contributed by atoms with E-state index in [1.165, 1.54) is 7.11 Å². The van der Waals surface area contributed by atoms with Gasteiger partial charge in [-0.3, -0.25) is 14.4 Å². The zero-order valence-corrected chi connectivity index (χ0v) is 9.43. The number of nitrogens with two attached hydrogens (primary N) is 1. The Balaban J connectivity index is -0.000000122. The summed E-state index contributed by atoms with van der Waals surface area (Å²) in [6.07, 6.45) is 2.05. The molecule has 1 amide bonds. The molecule has 0 aromatic heterocycles. The Labute approximate surface area is 192 Å². The number of ether oxygens (including phenoxy) is 1. The number of carbonyl (C=O) groups excluding carboxylic acids is 2. The topological polar surface area (TPSA) is 107 Å². The third kappa shape index (κ3) is 17.4. The van der Waals surface area contributed by atoms with Crippen LogP contribution in [0.3, 0.4) is 0 Å². The van der Waals surface area contributed by atoms with Crippen molar-refractivity contribution >= 4 is 121 Å². The fraction of sp³-hybridized carbons (Fsp3) is 0.500. The van der Waals surface area contributed by atoms with Crippen LogP contribution < -0.4 is 5.73 Å². The number of methoxy groups -OCH3 is 1. The number of carboxylic acids is 1. The van der Waals surface area contributed by atoms with Crippen LogP contribution in [0.1, 0.15) is 19.8 Å². The molecule has 6 nitrogen and oxygen atoms in total. The molecule has 1 atom stereocenters. The van der Waals surface area contributed by atoms with E-state index >= 15 is 0 Å². The number of carbonyl (C=O) groups is 3. The van der Waals surface area contributed by atoms with Gasteiger partial charge in [-0.05, 0) is 12.5 Å². The van der Waals surface area contributed by atoms with Gasteiger partial charge in [-0.25, -0.2) is 0 Å². The minimum absolute atomic E-state index is 0. The second-order valence-electron chi connectivity index (χ2n) is 2.81. The summed E-state index contributed by atoms with van der Waals surface area (Å²) >= 11 is 0. The summed E-state index contributed by atoms with van der Waals surface area (Å²) < 4.78 is 4.31. The summed E-state index contributed by atoms with van der Waals surface area (Å²) in [5.41, 5.74) is 4.53. The van der Waals surface area contributed by atoms with E-state index in [2.05, 4.69) is 17.0 Å². The molecule has 0 aliphatic carbocycles. The van der Waals surface area contributed by atoms with Crippen molar-refractivity contribution in [1.82, 2.24) is 0 Å². The van der Waals surface area contributed by atoms with Crippen molar-refractivity contribution in [1.29, 1.82) is 0 Å². The third-order valence-corrected chi connectivity index (χ3v) is 1.56. The van der Waals surface area contributed by atoms with Crippen molar-refractivity contribution in [3.8, 4) is 0 Å². The molecular weight excluding hydrogens is 292 g/mol. The van der Waals surface area contributed by atoms with E-state index in [9.17, 15) is 14.4 Å².